The number of carbonyl (C=O) groups excluding carboxylic acids is 1. The summed E-state index contributed by atoms with van der Waals surface area (Å²) in [4.78, 5) is 13.3. The Bertz CT molecular complexity index is 593. The van der Waals surface area contributed by atoms with Gasteiger partial charge in [0, 0.05) is 18.4 Å². The molecule has 1 spiro atoms. The van der Waals surface area contributed by atoms with E-state index in [1.165, 1.54) is 0 Å². The van der Waals surface area contributed by atoms with Crippen LogP contribution in [0.25, 0.3) is 0 Å². The molecule has 0 heterocycles. The van der Waals surface area contributed by atoms with Gasteiger partial charge in [0.1, 0.15) is 5.78 Å². The second-order valence-corrected chi connectivity index (χ2v) is 9.94. The first-order valence-electron chi connectivity index (χ1n) is 9.84. The van der Waals surface area contributed by atoms with Crippen molar-refractivity contribution in [1.82, 2.24) is 0 Å². The van der Waals surface area contributed by atoms with Gasteiger partial charge in [0.2, 0.25) is 0 Å². The minimum absolute atomic E-state index is 0.0602. The van der Waals surface area contributed by atoms with Gasteiger partial charge in [-0.25, -0.2) is 0 Å². The lowest BCUT2D eigenvalue weighted by atomic mass is 9.39. The first-order valence-corrected chi connectivity index (χ1v) is 9.84. The van der Waals surface area contributed by atoms with Gasteiger partial charge >= 0.3 is 0 Å². The molecule has 4 fully saturated rings. The van der Waals surface area contributed by atoms with Crippen LogP contribution in [0.15, 0.2) is 0 Å². The number of rotatable bonds is 1. The number of hydrogen-bond acceptors (Lipinski definition) is 5. The summed E-state index contributed by atoms with van der Waals surface area (Å²) in [7, 11) is 0. The highest BCUT2D eigenvalue weighted by atomic mass is 16.3. The topological polar surface area (TPSA) is 98.0 Å². The molecule has 0 aromatic rings. The van der Waals surface area contributed by atoms with Gasteiger partial charge in [-0.15, -0.1) is 0 Å². The van der Waals surface area contributed by atoms with E-state index in [-0.39, 0.29) is 35.1 Å². The number of Topliss-reactive ketones (excluding diaryl/α,β-unsaturated/α-hetero) is 1. The first kappa shape index (κ1) is 17.9. The summed E-state index contributed by atoms with van der Waals surface area (Å²) in [6, 6.07) is 0. The summed E-state index contributed by atoms with van der Waals surface area (Å²) >= 11 is 0. The Morgan fingerprint density at radius 2 is 1.76 bits per heavy atom. The van der Waals surface area contributed by atoms with Crippen LogP contribution in [0.2, 0.25) is 0 Å². The zero-order valence-electron chi connectivity index (χ0n) is 15.5. The van der Waals surface area contributed by atoms with Crippen molar-refractivity contribution in [3.05, 3.63) is 0 Å². The average Bonchev–Trinajstić information content (AvgIpc) is 2.69. The number of aliphatic hydroxyl groups is 4. The van der Waals surface area contributed by atoms with Gasteiger partial charge in [-0.05, 0) is 48.3 Å². The minimum Gasteiger partial charge on any atom is -0.396 e. The van der Waals surface area contributed by atoms with Crippen LogP contribution in [0, 0.1) is 39.9 Å². The highest BCUT2D eigenvalue weighted by Crippen LogP contribution is 2.71. The normalized spacial score (nSPS) is 60.9. The van der Waals surface area contributed by atoms with Crippen molar-refractivity contribution in [1.29, 1.82) is 0 Å². The zero-order chi connectivity index (χ0) is 18.4. The van der Waals surface area contributed by atoms with Crippen molar-refractivity contribution in [2.75, 3.05) is 6.61 Å². The van der Waals surface area contributed by atoms with Crippen LogP contribution in [-0.2, 0) is 4.79 Å². The molecule has 142 valence electrons. The van der Waals surface area contributed by atoms with Crippen LogP contribution < -0.4 is 0 Å². The molecule has 0 aromatic carbocycles. The molecule has 0 saturated heterocycles. The number of carbonyl (C=O) groups is 1. The van der Waals surface area contributed by atoms with E-state index in [4.69, 9.17) is 0 Å². The lowest BCUT2D eigenvalue weighted by Crippen LogP contribution is -2.68. The third-order valence-electron chi connectivity index (χ3n) is 9.04. The van der Waals surface area contributed by atoms with E-state index in [9.17, 15) is 25.2 Å². The van der Waals surface area contributed by atoms with Crippen molar-refractivity contribution >= 4 is 5.78 Å². The van der Waals surface area contributed by atoms with Crippen LogP contribution in [0.4, 0.5) is 0 Å². The predicted octanol–water partition coefficient (Wildman–Crippen LogP) is 1.12. The largest absolute Gasteiger partial charge is 0.396 e. The average molecular weight is 352 g/mol. The van der Waals surface area contributed by atoms with E-state index in [0.717, 1.165) is 19.3 Å². The lowest BCUT2D eigenvalue weighted by molar-refractivity contribution is -0.243. The Kier molecular flexibility index (Phi) is 3.78. The summed E-state index contributed by atoms with van der Waals surface area (Å²) in [5, 5.41) is 43.0. The molecule has 2 bridgehead atoms. The molecular weight excluding hydrogens is 320 g/mol. The molecule has 0 radical (unpaired) electrons. The molecule has 0 aliphatic heterocycles. The Morgan fingerprint density at radius 3 is 2.40 bits per heavy atom. The van der Waals surface area contributed by atoms with Crippen LogP contribution in [0.5, 0.6) is 0 Å². The Labute approximate surface area is 149 Å². The summed E-state index contributed by atoms with van der Waals surface area (Å²) in [5.41, 5.74) is -1.68. The lowest BCUT2D eigenvalue weighted by Gasteiger charge is -2.65. The zero-order valence-corrected chi connectivity index (χ0v) is 15.5. The Hall–Kier alpha value is -0.490. The highest BCUT2D eigenvalue weighted by Gasteiger charge is 2.76. The predicted molar refractivity (Wildman–Crippen MR) is 91.5 cm³/mol. The molecule has 25 heavy (non-hydrogen) atoms. The van der Waals surface area contributed by atoms with Gasteiger partial charge in [0.15, 0.2) is 0 Å². The first-order chi connectivity index (χ1) is 11.6. The third kappa shape index (κ3) is 1.86. The monoisotopic (exact) mass is 352 g/mol. The molecule has 4 saturated carbocycles. The fourth-order valence-electron chi connectivity index (χ4n) is 7.83. The number of fused-ring (bicyclic) bond motifs is 3. The van der Waals surface area contributed by atoms with Gasteiger partial charge in [-0.2, -0.15) is 0 Å². The van der Waals surface area contributed by atoms with Crippen LogP contribution in [0.1, 0.15) is 52.9 Å². The van der Waals surface area contributed by atoms with Gasteiger partial charge in [-0.3, -0.25) is 4.79 Å². The maximum atomic E-state index is 13.3. The highest BCUT2D eigenvalue weighted by molar-refractivity contribution is 5.92. The SMILES string of the molecule is C[C@H]1C(=O)[C@@]23[C@H](O)C[C@@H]4[C@@](C)(CO)CCC[C@@]4(C)[C@@H]2C[C@H](O)[C@@H]1[C@H]3O. The molecule has 4 N–H and O–H groups in total. The number of hydrogen-bond donors (Lipinski definition) is 4. The summed E-state index contributed by atoms with van der Waals surface area (Å²) in [6.07, 6.45) is 1.12. The molecule has 0 unspecified atom stereocenters. The fourth-order valence-corrected chi connectivity index (χ4v) is 7.83. The van der Waals surface area contributed by atoms with E-state index < -0.39 is 35.6 Å². The standard InChI is InChI=1S/C20H32O5/c1-10-15-11(22)7-13-19(3)6-4-5-18(2,9-21)12(19)8-14(23)20(13,16(10)24)17(15)25/h10-15,17,21-23,25H,4-9H2,1-3H3/t10-,11+,12-,13+,14-,15-,17-,18-,19-,20+/m1/s1. The van der Waals surface area contributed by atoms with E-state index >= 15 is 0 Å². The minimum atomic E-state index is -1.14. The molecule has 0 aromatic heterocycles. The van der Waals surface area contributed by atoms with Crippen molar-refractivity contribution in [2.24, 2.45) is 39.9 Å². The molecule has 4 rings (SSSR count). The van der Waals surface area contributed by atoms with Gasteiger partial charge in [0.25, 0.3) is 0 Å². The van der Waals surface area contributed by atoms with E-state index in [1.54, 1.807) is 6.92 Å². The molecule has 5 nitrogen and oxygen atoms in total. The van der Waals surface area contributed by atoms with Crippen LogP contribution >= 0.6 is 0 Å². The summed E-state index contributed by atoms with van der Waals surface area (Å²) in [5.74, 6) is -1.10. The van der Waals surface area contributed by atoms with Gasteiger partial charge < -0.3 is 20.4 Å². The van der Waals surface area contributed by atoms with E-state index in [1.807, 2.05) is 0 Å². The Morgan fingerprint density at radius 1 is 1.08 bits per heavy atom. The van der Waals surface area contributed by atoms with E-state index in [0.29, 0.717) is 12.8 Å². The summed E-state index contributed by atoms with van der Waals surface area (Å²) in [6.45, 7) is 6.10. The van der Waals surface area contributed by atoms with Crippen LogP contribution in [-0.4, -0.2) is 51.1 Å². The molecule has 4 aliphatic rings. The molecule has 0 amide bonds. The van der Waals surface area contributed by atoms with Crippen LogP contribution in [0.3, 0.4) is 0 Å². The van der Waals surface area contributed by atoms with Crippen molar-refractivity contribution in [3.8, 4) is 0 Å². The molecule has 5 heteroatoms. The maximum Gasteiger partial charge on any atom is 0.147 e. The van der Waals surface area contributed by atoms with Gasteiger partial charge in [-0.1, -0.05) is 27.2 Å². The smallest absolute Gasteiger partial charge is 0.147 e. The van der Waals surface area contributed by atoms with E-state index in [2.05, 4.69) is 13.8 Å². The third-order valence-corrected chi connectivity index (χ3v) is 9.04. The second kappa shape index (κ2) is 5.28. The van der Waals surface area contributed by atoms with Gasteiger partial charge in [0.05, 0.1) is 23.7 Å². The molecule has 10 atom stereocenters. The van der Waals surface area contributed by atoms with Crippen molar-refractivity contribution in [3.63, 3.8) is 0 Å². The maximum absolute atomic E-state index is 13.3. The second-order valence-electron chi connectivity index (χ2n) is 9.94. The van der Waals surface area contributed by atoms with Crippen molar-refractivity contribution < 1.29 is 25.2 Å². The quantitative estimate of drug-likeness (QED) is 0.567. The number of ketones is 1. The molecule has 4 aliphatic carbocycles. The summed E-state index contributed by atoms with van der Waals surface area (Å²) < 4.78 is 0. The molecular formula is C20H32O5. The number of aliphatic hydroxyl groups excluding tert-OH is 4. The Balaban J connectivity index is 1.87. The fraction of sp³-hybridized carbons (Fsp3) is 0.950. The van der Waals surface area contributed by atoms with Crippen molar-refractivity contribution in [2.45, 2.75) is 71.2 Å².